The summed E-state index contributed by atoms with van der Waals surface area (Å²) in [6, 6.07) is 5.20. The summed E-state index contributed by atoms with van der Waals surface area (Å²) in [7, 11) is 0. The van der Waals surface area contributed by atoms with Gasteiger partial charge in [0.05, 0.1) is 17.3 Å². The van der Waals surface area contributed by atoms with Crippen molar-refractivity contribution in [3.8, 4) is 0 Å². The van der Waals surface area contributed by atoms with Gasteiger partial charge in [0.25, 0.3) is 5.91 Å². The second-order valence-electron chi connectivity index (χ2n) is 5.05. The van der Waals surface area contributed by atoms with Crippen LogP contribution in [0.3, 0.4) is 0 Å². The van der Waals surface area contributed by atoms with Crippen LogP contribution >= 0.6 is 22.7 Å². The summed E-state index contributed by atoms with van der Waals surface area (Å²) >= 11 is 2.99. The van der Waals surface area contributed by atoms with Gasteiger partial charge in [-0.1, -0.05) is 6.07 Å². The highest BCUT2D eigenvalue weighted by Crippen LogP contribution is 2.31. The number of amides is 1. The van der Waals surface area contributed by atoms with Crippen molar-refractivity contribution in [2.75, 3.05) is 0 Å². The maximum atomic E-state index is 12.3. The Morgan fingerprint density at radius 1 is 1.38 bits per heavy atom. The second kappa shape index (κ2) is 5.99. The molecule has 0 unspecified atom stereocenters. The first-order valence-electron chi connectivity index (χ1n) is 6.81. The van der Waals surface area contributed by atoms with Crippen LogP contribution in [0.4, 0.5) is 0 Å². The molecular weight excluding hydrogens is 306 g/mol. The molecule has 3 rings (SSSR count). The van der Waals surface area contributed by atoms with Crippen LogP contribution < -0.4 is 5.32 Å². The molecule has 0 aliphatic heterocycles. The number of aliphatic carboxylic acids is 1. The molecule has 2 N–H and O–H groups in total. The molecule has 2 aromatic heterocycles. The number of aryl methyl sites for hydroxylation is 2. The largest absolute Gasteiger partial charge is 0.481 e. The fourth-order valence-corrected chi connectivity index (χ4v) is 4.49. The minimum atomic E-state index is -0.914. The zero-order chi connectivity index (χ0) is 14.8. The summed E-state index contributed by atoms with van der Waals surface area (Å²) in [4.78, 5) is 26.2. The zero-order valence-corrected chi connectivity index (χ0v) is 12.9. The Morgan fingerprint density at radius 3 is 2.90 bits per heavy atom. The Bertz CT molecular complexity index is 639. The molecule has 0 saturated heterocycles. The van der Waals surface area contributed by atoms with E-state index in [0.29, 0.717) is 4.88 Å². The first kappa shape index (κ1) is 14.3. The van der Waals surface area contributed by atoms with Crippen LogP contribution in [0.1, 0.15) is 43.9 Å². The molecule has 0 bridgehead atoms. The molecule has 0 radical (unpaired) electrons. The van der Waals surface area contributed by atoms with Crippen molar-refractivity contribution >= 4 is 34.6 Å². The molecule has 0 saturated carbocycles. The molecule has 1 atom stereocenters. The van der Waals surface area contributed by atoms with Gasteiger partial charge in [0.1, 0.15) is 0 Å². The quantitative estimate of drug-likeness (QED) is 0.888. The van der Waals surface area contributed by atoms with Crippen molar-refractivity contribution in [3.05, 3.63) is 43.8 Å². The average molecular weight is 321 g/mol. The third-order valence-electron chi connectivity index (χ3n) is 3.54. The lowest BCUT2D eigenvalue weighted by Crippen LogP contribution is -2.29. The second-order valence-corrected chi connectivity index (χ2v) is 7.17. The number of rotatable bonds is 5. The summed E-state index contributed by atoms with van der Waals surface area (Å²) in [5, 5.41) is 13.8. The summed E-state index contributed by atoms with van der Waals surface area (Å²) in [5.74, 6) is -1.09. The highest BCUT2D eigenvalue weighted by molar-refractivity contribution is 7.14. The van der Waals surface area contributed by atoms with Crippen molar-refractivity contribution in [1.82, 2.24) is 5.32 Å². The van der Waals surface area contributed by atoms with Crippen LogP contribution in [-0.4, -0.2) is 17.0 Å². The number of nitrogens with one attached hydrogen (secondary N) is 1. The number of hydrogen-bond acceptors (Lipinski definition) is 4. The first-order chi connectivity index (χ1) is 10.1. The maximum absolute atomic E-state index is 12.3. The van der Waals surface area contributed by atoms with Crippen molar-refractivity contribution in [2.45, 2.75) is 31.7 Å². The molecule has 110 valence electrons. The van der Waals surface area contributed by atoms with Crippen LogP contribution in [0.15, 0.2) is 23.6 Å². The van der Waals surface area contributed by atoms with Gasteiger partial charge in [0.15, 0.2) is 0 Å². The summed E-state index contributed by atoms with van der Waals surface area (Å²) in [5.41, 5.74) is 1.27. The van der Waals surface area contributed by atoms with Crippen LogP contribution in [0, 0.1) is 0 Å². The van der Waals surface area contributed by atoms with Gasteiger partial charge in [-0.15, -0.1) is 22.7 Å². The van der Waals surface area contributed by atoms with Gasteiger partial charge in [-0.05, 0) is 42.3 Å². The van der Waals surface area contributed by atoms with Gasteiger partial charge in [-0.3, -0.25) is 9.59 Å². The van der Waals surface area contributed by atoms with E-state index in [0.717, 1.165) is 17.7 Å². The molecule has 2 heterocycles. The minimum Gasteiger partial charge on any atom is -0.481 e. The van der Waals surface area contributed by atoms with Gasteiger partial charge in [-0.2, -0.15) is 0 Å². The van der Waals surface area contributed by atoms with Crippen LogP contribution in [0.5, 0.6) is 0 Å². The van der Waals surface area contributed by atoms with Crippen molar-refractivity contribution < 1.29 is 14.7 Å². The predicted octanol–water partition coefficient (Wildman–Crippen LogP) is 3.24. The number of hydrogen-bond donors (Lipinski definition) is 2. The van der Waals surface area contributed by atoms with E-state index in [4.69, 9.17) is 5.11 Å². The SMILES string of the molecule is O=C(O)C[C@@H](NC(=O)c1cc2c(s1)CCC2)c1cccs1. The zero-order valence-electron chi connectivity index (χ0n) is 11.3. The Hall–Kier alpha value is -1.66. The molecular formula is C15H15NO3S2. The van der Waals surface area contributed by atoms with E-state index in [9.17, 15) is 9.59 Å². The fraction of sp³-hybridized carbons (Fsp3) is 0.333. The number of thiophene rings is 2. The predicted molar refractivity (Wildman–Crippen MR) is 83.1 cm³/mol. The lowest BCUT2D eigenvalue weighted by atomic mass is 10.1. The Labute approximate surface area is 130 Å². The molecule has 21 heavy (non-hydrogen) atoms. The standard InChI is InChI=1S/C15H15NO3S2/c17-14(18)8-10(12-5-2-6-20-12)16-15(19)13-7-9-3-1-4-11(9)21-13/h2,5-7,10H,1,3-4,8H2,(H,16,19)(H,17,18)/t10-/m1/s1. The van der Waals surface area contributed by atoms with E-state index < -0.39 is 12.0 Å². The van der Waals surface area contributed by atoms with Gasteiger partial charge >= 0.3 is 5.97 Å². The number of carbonyl (C=O) groups excluding carboxylic acids is 1. The van der Waals surface area contributed by atoms with E-state index in [1.165, 1.54) is 39.5 Å². The molecule has 0 fully saturated rings. The minimum absolute atomic E-state index is 0.0999. The lowest BCUT2D eigenvalue weighted by molar-refractivity contribution is -0.137. The Balaban J connectivity index is 1.75. The molecule has 0 spiro atoms. The molecule has 1 amide bonds. The lowest BCUT2D eigenvalue weighted by Gasteiger charge is -2.14. The van der Waals surface area contributed by atoms with Gasteiger partial charge < -0.3 is 10.4 Å². The normalized spacial score (nSPS) is 14.7. The highest BCUT2D eigenvalue weighted by Gasteiger charge is 2.23. The van der Waals surface area contributed by atoms with E-state index in [1.807, 2.05) is 23.6 Å². The molecule has 0 aromatic carbocycles. The smallest absolute Gasteiger partial charge is 0.305 e. The number of carboxylic acid groups (broad SMARTS) is 1. The molecule has 2 aromatic rings. The van der Waals surface area contributed by atoms with E-state index in [-0.39, 0.29) is 12.3 Å². The molecule has 1 aliphatic rings. The topological polar surface area (TPSA) is 66.4 Å². The molecule has 4 nitrogen and oxygen atoms in total. The highest BCUT2D eigenvalue weighted by atomic mass is 32.1. The maximum Gasteiger partial charge on any atom is 0.305 e. The van der Waals surface area contributed by atoms with Crippen molar-refractivity contribution in [1.29, 1.82) is 0 Å². The van der Waals surface area contributed by atoms with Crippen molar-refractivity contribution in [2.24, 2.45) is 0 Å². The Kier molecular flexibility index (Phi) is 4.07. The van der Waals surface area contributed by atoms with Gasteiger partial charge in [0.2, 0.25) is 0 Å². The summed E-state index contributed by atoms with van der Waals surface area (Å²) in [6.45, 7) is 0. The third-order valence-corrected chi connectivity index (χ3v) is 5.76. The third kappa shape index (κ3) is 3.16. The van der Waals surface area contributed by atoms with Crippen LogP contribution in [-0.2, 0) is 17.6 Å². The van der Waals surface area contributed by atoms with Gasteiger partial charge in [-0.25, -0.2) is 0 Å². The van der Waals surface area contributed by atoms with Crippen LogP contribution in [0.25, 0.3) is 0 Å². The summed E-state index contributed by atoms with van der Waals surface area (Å²) < 4.78 is 0. The monoisotopic (exact) mass is 321 g/mol. The van der Waals surface area contributed by atoms with E-state index >= 15 is 0 Å². The van der Waals surface area contributed by atoms with Crippen LogP contribution in [0.2, 0.25) is 0 Å². The molecule has 6 heteroatoms. The number of carbonyl (C=O) groups is 2. The summed E-state index contributed by atoms with van der Waals surface area (Å²) in [6.07, 6.45) is 3.16. The first-order valence-corrected chi connectivity index (χ1v) is 8.51. The Morgan fingerprint density at radius 2 is 2.24 bits per heavy atom. The van der Waals surface area contributed by atoms with E-state index in [2.05, 4.69) is 5.32 Å². The van der Waals surface area contributed by atoms with E-state index in [1.54, 1.807) is 0 Å². The number of carboxylic acids is 1. The van der Waals surface area contributed by atoms with Gasteiger partial charge in [0, 0.05) is 9.75 Å². The number of fused-ring (bicyclic) bond motifs is 1. The fourth-order valence-electron chi connectivity index (χ4n) is 2.56. The van der Waals surface area contributed by atoms with Crippen molar-refractivity contribution in [3.63, 3.8) is 0 Å². The average Bonchev–Trinajstić information content (AvgIpc) is 3.13. The molecule has 1 aliphatic carbocycles.